The minimum absolute atomic E-state index is 0.0972. The summed E-state index contributed by atoms with van der Waals surface area (Å²) in [4.78, 5) is 39.2. The van der Waals surface area contributed by atoms with Gasteiger partial charge in [0, 0.05) is 32.4 Å². The number of fused-ring (bicyclic) bond motifs is 1. The molecule has 2 unspecified atom stereocenters. The van der Waals surface area contributed by atoms with Crippen LogP contribution in [0.15, 0.2) is 18.5 Å². The fourth-order valence-corrected chi connectivity index (χ4v) is 3.50. The Bertz CT molecular complexity index is 985. The highest BCUT2D eigenvalue weighted by Gasteiger charge is 2.32. The van der Waals surface area contributed by atoms with E-state index >= 15 is 0 Å². The first kappa shape index (κ1) is 20.7. The molecule has 1 saturated heterocycles. The van der Waals surface area contributed by atoms with E-state index in [1.54, 1.807) is 13.1 Å². The number of nitrogens with zero attached hydrogens (tertiary/aromatic N) is 4. The minimum Gasteiger partial charge on any atom is -0.487 e. The molecule has 0 radical (unpaired) electrons. The molecule has 2 aromatic rings. The van der Waals surface area contributed by atoms with Crippen LogP contribution < -0.4 is 20.3 Å². The van der Waals surface area contributed by atoms with E-state index in [-0.39, 0.29) is 18.5 Å². The van der Waals surface area contributed by atoms with Gasteiger partial charge in [-0.2, -0.15) is 0 Å². The van der Waals surface area contributed by atoms with Gasteiger partial charge in [0.1, 0.15) is 18.8 Å². The molecular weight excluding hydrogens is 435 g/mol. The third-order valence-electron chi connectivity index (χ3n) is 4.66. The summed E-state index contributed by atoms with van der Waals surface area (Å²) in [5.74, 6) is -0.493. The molecule has 0 aliphatic carbocycles. The average Bonchev–Trinajstić information content (AvgIpc) is 2.86. The van der Waals surface area contributed by atoms with Crippen molar-refractivity contribution in [3.8, 4) is 5.75 Å². The summed E-state index contributed by atoms with van der Waals surface area (Å²) < 4.78 is 11.3. The molecule has 158 valence electrons. The molecule has 2 N–H and O–H groups in total. The van der Waals surface area contributed by atoms with Gasteiger partial charge >= 0.3 is 0 Å². The number of anilines is 1. The topological polar surface area (TPSA) is 119 Å². The maximum absolute atomic E-state index is 12.8. The number of aromatic nitrogens is 3. The van der Waals surface area contributed by atoms with Crippen LogP contribution in [0.2, 0.25) is 10.0 Å². The Hall–Kier alpha value is -2.53. The summed E-state index contributed by atoms with van der Waals surface area (Å²) in [6, 6.07) is 0.593. The molecule has 2 aliphatic heterocycles. The van der Waals surface area contributed by atoms with Crippen LogP contribution in [0.1, 0.15) is 22.4 Å². The third-order valence-corrected chi connectivity index (χ3v) is 5.16. The van der Waals surface area contributed by atoms with Crippen molar-refractivity contribution in [2.24, 2.45) is 0 Å². The monoisotopic (exact) mass is 452 g/mol. The van der Waals surface area contributed by atoms with Crippen molar-refractivity contribution in [3.63, 3.8) is 0 Å². The number of nitrogens with one attached hydrogen (secondary N) is 2. The lowest BCUT2D eigenvalue weighted by atomic mass is 10.2. The van der Waals surface area contributed by atoms with Crippen molar-refractivity contribution in [1.29, 1.82) is 0 Å². The van der Waals surface area contributed by atoms with E-state index in [0.29, 0.717) is 40.5 Å². The number of carbonyl (C=O) groups excluding carboxylic acids is 2. The molecule has 12 heteroatoms. The third kappa shape index (κ3) is 4.17. The Morgan fingerprint density at radius 2 is 2.17 bits per heavy atom. The van der Waals surface area contributed by atoms with Crippen LogP contribution in [-0.4, -0.2) is 66.2 Å². The Kier molecular flexibility index (Phi) is 6.00. The van der Waals surface area contributed by atoms with Crippen LogP contribution in [0.3, 0.4) is 0 Å². The molecule has 2 amide bonds. The van der Waals surface area contributed by atoms with Crippen LogP contribution in [0, 0.1) is 0 Å². The lowest BCUT2D eigenvalue weighted by molar-refractivity contribution is -0.120. The first-order valence-corrected chi connectivity index (χ1v) is 9.91. The number of hydrogen-bond acceptors (Lipinski definition) is 8. The number of amides is 2. The first-order valence-electron chi connectivity index (χ1n) is 9.15. The fourth-order valence-electron chi connectivity index (χ4n) is 3.14. The predicted molar refractivity (Wildman–Crippen MR) is 108 cm³/mol. The molecule has 2 atom stereocenters. The number of ether oxygens (including phenoxy) is 2. The van der Waals surface area contributed by atoms with E-state index in [2.05, 4.69) is 25.6 Å². The molecule has 0 saturated carbocycles. The van der Waals surface area contributed by atoms with Gasteiger partial charge in [-0.05, 0) is 0 Å². The van der Waals surface area contributed by atoms with E-state index in [0.717, 1.165) is 6.54 Å². The van der Waals surface area contributed by atoms with Crippen molar-refractivity contribution < 1.29 is 19.1 Å². The van der Waals surface area contributed by atoms with E-state index in [4.69, 9.17) is 32.7 Å². The molecular formula is C18H18Cl2N6O4. The summed E-state index contributed by atoms with van der Waals surface area (Å²) in [6.07, 6.45) is 2.37. The molecule has 2 aromatic heterocycles. The molecule has 0 spiro atoms. The highest BCUT2D eigenvalue weighted by molar-refractivity contribution is 6.31. The SMILES string of the molecule is CN1C(=O)C(NC(=O)c2ncc(Cl)c(C3CNCCO3)n2)COc2cc(Cl)cnc21. The Morgan fingerprint density at radius 1 is 1.33 bits per heavy atom. The molecule has 4 heterocycles. The van der Waals surface area contributed by atoms with Crippen LogP contribution >= 0.6 is 23.2 Å². The van der Waals surface area contributed by atoms with Crippen molar-refractivity contribution >= 4 is 40.8 Å². The Balaban J connectivity index is 1.52. The zero-order chi connectivity index (χ0) is 21.3. The van der Waals surface area contributed by atoms with Gasteiger partial charge in [-0.1, -0.05) is 23.2 Å². The summed E-state index contributed by atoms with van der Waals surface area (Å²) in [5, 5.41) is 6.46. The second-order valence-electron chi connectivity index (χ2n) is 6.70. The number of likely N-dealkylation sites (N-methyl/N-ethyl adjacent to an activating group) is 1. The maximum atomic E-state index is 12.8. The lowest BCUT2D eigenvalue weighted by Crippen LogP contribution is -2.49. The van der Waals surface area contributed by atoms with Crippen molar-refractivity contribution in [3.05, 3.63) is 40.0 Å². The minimum atomic E-state index is -0.967. The van der Waals surface area contributed by atoms with Crippen molar-refractivity contribution in [2.75, 3.05) is 38.3 Å². The Morgan fingerprint density at radius 3 is 2.93 bits per heavy atom. The fraction of sp³-hybridized carbons (Fsp3) is 0.389. The second-order valence-corrected chi connectivity index (χ2v) is 7.54. The zero-order valence-corrected chi connectivity index (χ0v) is 17.4. The molecule has 30 heavy (non-hydrogen) atoms. The van der Waals surface area contributed by atoms with E-state index in [1.165, 1.54) is 17.3 Å². The molecule has 10 nitrogen and oxygen atoms in total. The van der Waals surface area contributed by atoms with Gasteiger partial charge in [-0.3, -0.25) is 14.5 Å². The Labute approximate surface area is 181 Å². The van der Waals surface area contributed by atoms with Gasteiger partial charge in [0.15, 0.2) is 11.6 Å². The van der Waals surface area contributed by atoms with Crippen LogP contribution in [0.5, 0.6) is 5.75 Å². The smallest absolute Gasteiger partial charge is 0.289 e. The van der Waals surface area contributed by atoms with E-state index in [1.807, 2.05) is 0 Å². The van der Waals surface area contributed by atoms with E-state index < -0.39 is 17.9 Å². The van der Waals surface area contributed by atoms with Crippen molar-refractivity contribution in [1.82, 2.24) is 25.6 Å². The van der Waals surface area contributed by atoms with Gasteiger partial charge in [0.25, 0.3) is 11.8 Å². The van der Waals surface area contributed by atoms with Gasteiger partial charge < -0.3 is 20.1 Å². The molecule has 2 aliphatic rings. The highest BCUT2D eigenvalue weighted by Crippen LogP contribution is 2.30. The molecule has 0 bridgehead atoms. The van der Waals surface area contributed by atoms with Crippen LogP contribution in [-0.2, 0) is 9.53 Å². The summed E-state index contributed by atoms with van der Waals surface area (Å²) in [7, 11) is 1.54. The standard InChI is InChI=1S/C18H18Cl2N6O4/c1-26-16-12(4-9(19)5-23-16)30-8-11(18(26)28)24-17(27)15-22-6-10(20)14(25-15)13-7-21-2-3-29-13/h4-6,11,13,21H,2-3,7-8H2,1H3,(H,24,27). The predicted octanol–water partition coefficient (Wildman–Crippen LogP) is 0.993. The molecule has 0 aromatic carbocycles. The second kappa shape index (κ2) is 8.68. The maximum Gasteiger partial charge on any atom is 0.289 e. The quantitative estimate of drug-likeness (QED) is 0.707. The van der Waals surface area contributed by atoms with Gasteiger partial charge in [0.2, 0.25) is 5.82 Å². The summed E-state index contributed by atoms with van der Waals surface area (Å²) in [5.41, 5.74) is 0.413. The van der Waals surface area contributed by atoms with Gasteiger partial charge in [-0.15, -0.1) is 0 Å². The highest BCUT2D eigenvalue weighted by atomic mass is 35.5. The van der Waals surface area contributed by atoms with Gasteiger partial charge in [-0.25, -0.2) is 15.0 Å². The number of carbonyl (C=O) groups is 2. The van der Waals surface area contributed by atoms with Gasteiger partial charge in [0.05, 0.1) is 28.5 Å². The number of hydrogen-bond donors (Lipinski definition) is 2. The zero-order valence-electron chi connectivity index (χ0n) is 15.9. The normalized spacial score (nSPS) is 21.4. The number of halogens is 2. The van der Waals surface area contributed by atoms with Crippen LogP contribution in [0.4, 0.5) is 5.82 Å². The van der Waals surface area contributed by atoms with Crippen molar-refractivity contribution in [2.45, 2.75) is 12.1 Å². The number of pyridine rings is 1. The molecule has 4 rings (SSSR count). The molecule has 1 fully saturated rings. The average molecular weight is 453 g/mol. The first-order chi connectivity index (χ1) is 14.4. The van der Waals surface area contributed by atoms with E-state index in [9.17, 15) is 9.59 Å². The van der Waals surface area contributed by atoms with Crippen LogP contribution in [0.25, 0.3) is 0 Å². The summed E-state index contributed by atoms with van der Waals surface area (Å²) >= 11 is 12.1. The number of morpholine rings is 1. The largest absolute Gasteiger partial charge is 0.487 e. The lowest BCUT2D eigenvalue weighted by Gasteiger charge is -2.24. The number of rotatable bonds is 3. The summed E-state index contributed by atoms with van der Waals surface area (Å²) in [6.45, 7) is 1.66.